The first-order chi connectivity index (χ1) is 16.4. The lowest BCUT2D eigenvalue weighted by Crippen LogP contribution is -2.27. The molecule has 0 radical (unpaired) electrons. The molecule has 172 valence electrons. The van der Waals surface area contributed by atoms with Crippen molar-refractivity contribution in [1.82, 2.24) is 14.7 Å². The molecule has 0 unspecified atom stereocenters. The number of hydrogen-bond acceptors (Lipinski definition) is 3. The molecule has 6 nitrogen and oxygen atoms in total. The van der Waals surface area contributed by atoms with Crippen LogP contribution in [0.25, 0.3) is 16.9 Å². The zero-order valence-electron chi connectivity index (χ0n) is 19.0. The first-order valence-corrected chi connectivity index (χ1v) is 11.3. The van der Waals surface area contributed by atoms with Gasteiger partial charge < -0.3 is 10.2 Å². The van der Waals surface area contributed by atoms with E-state index in [2.05, 4.69) is 5.32 Å². The van der Waals surface area contributed by atoms with Crippen molar-refractivity contribution in [3.05, 3.63) is 101 Å². The van der Waals surface area contributed by atoms with E-state index >= 15 is 0 Å². The van der Waals surface area contributed by atoms with E-state index in [4.69, 9.17) is 16.7 Å². The summed E-state index contributed by atoms with van der Waals surface area (Å²) in [5.41, 5.74) is 5.20. The molecule has 34 heavy (non-hydrogen) atoms. The Hall–Kier alpha value is -3.90. The summed E-state index contributed by atoms with van der Waals surface area (Å²) in [4.78, 5) is 25.9. The van der Waals surface area contributed by atoms with Gasteiger partial charge in [-0.05, 0) is 42.0 Å². The van der Waals surface area contributed by atoms with Crippen LogP contribution in [0.5, 0.6) is 0 Å². The lowest BCUT2D eigenvalue weighted by atomic mass is 10.1. The van der Waals surface area contributed by atoms with E-state index in [-0.39, 0.29) is 18.2 Å². The number of halogens is 1. The first-order valence-electron chi connectivity index (χ1n) is 10.9. The number of carbonyl (C=O) groups excluding carboxylic acids is 2. The molecule has 0 saturated carbocycles. The van der Waals surface area contributed by atoms with Crippen molar-refractivity contribution in [1.29, 1.82) is 0 Å². The van der Waals surface area contributed by atoms with Crippen LogP contribution < -0.4 is 5.32 Å². The van der Waals surface area contributed by atoms with Gasteiger partial charge in [-0.15, -0.1) is 0 Å². The second-order valence-electron chi connectivity index (χ2n) is 8.09. The van der Waals surface area contributed by atoms with Gasteiger partial charge in [0, 0.05) is 48.5 Å². The Bertz CT molecular complexity index is 1280. The molecule has 0 aliphatic rings. The number of amides is 2. The zero-order chi connectivity index (χ0) is 24.1. The summed E-state index contributed by atoms with van der Waals surface area (Å²) in [7, 11) is 1.79. The molecule has 3 aromatic carbocycles. The minimum atomic E-state index is -0.129. The molecule has 0 aliphatic carbocycles. The van der Waals surface area contributed by atoms with Gasteiger partial charge in [0.25, 0.3) is 0 Å². The number of rotatable bonds is 7. The van der Waals surface area contributed by atoms with E-state index in [1.807, 2.05) is 77.6 Å². The lowest BCUT2D eigenvalue weighted by Gasteiger charge is -2.17. The van der Waals surface area contributed by atoms with Gasteiger partial charge in [0.2, 0.25) is 11.8 Å². The van der Waals surface area contributed by atoms with Crippen LogP contribution in [-0.4, -0.2) is 33.5 Å². The fourth-order valence-electron chi connectivity index (χ4n) is 3.65. The number of hydrogen-bond donors (Lipinski definition) is 1. The fraction of sp³-hybridized carbons (Fsp3) is 0.148. The summed E-state index contributed by atoms with van der Waals surface area (Å²) in [6.07, 6.45) is 2.23. The van der Waals surface area contributed by atoms with E-state index in [0.717, 1.165) is 28.1 Å². The highest BCUT2D eigenvalue weighted by atomic mass is 35.5. The third kappa shape index (κ3) is 5.71. The van der Waals surface area contributed by atoms with Gasteiger partial charge in [0.05, 0.1) is 17.8 Å². The Balaban J connectivity index is 1.54. The number of nitrogens with one attached hydrogen (secondary N) is 1. The monoisotopic (exact) mass is 472 g/mol. The van der Waals surface area contributed by atoms with Gasteiger partial charge in [-0.3, -0.25) is 9.59 Å². The summed E-state index contributed by atoms with van der Waals surface area (Å²) in [6.45, 7) is 1.87. The maximum Gasteiger partial charge on any atom is 0.227 e. The van der Waals surface area contributed by atoms with Crippen molar-refractivity contribution < 1.29 is 9.59 Å². The molecule has 4 aromatic rings. The number of anilines is 1. The van der Waals surface area contributed by atoms with Crippen LogP contribution in [0.4, 0.5) is 5.69 Å². The minimum Gasteiger partial charge on any atom is -0.341 e. The Morgan fingerprint density at radius 2 is 1.65 bits per heavy atom. The SMILES string of the molecule is CC(=O)Nc1ccc(CC(=O)N(C)Cc2cn(-c3ccccc3)nc2-c2ccc(Cl)cc2)cc1. The highest BCUT2D eigenvalue weighted by molar-refractivity contribution is 6.30. The van der Waals surface area contributed by atoms with Gasteiger partial charge in [0.15, 0.2) is 0 Å². The normalized spacial score (nSPS) is 10.7. The van der Waals surface area contributed by atoms with Gasteiger partial charge in [-0.2, -0.15) is 5.10 Å². The van der Waals surface area contributed by atoms with Crippen molar-refractivity contribution >= 4 is 29.1 Å². The largest absolute Gasteiger partial charge is 0.341 e. The van der Waals surface area contributed by atoms with E-state index in [1.165, 1.54) is 6.92 Å². The maximum absolute atomic E-state index is 13.0. The lowest BCUT2D eigenvalue weighted by molar-refractivity contribution is -0.129. The fourth-order valence-corrected chi connectivity index (χ4v) is 3.78. The average molecular weight is 473 g/mol. The molecule has 0 bridgehead atoms. The molecule has 2 amide bonds. The number of benzene rings is 3. The third-order valence-corrected chi connectivity index (χ3v) is 5.64. The number of likely N-dealkylation sites (N-methyl/N-ethyl adjacent to an activating group) is 1. The number of nitrogens with zero attached hydrogens (tertiary/aromatic N) is 3. The average Bonchev–Trinajstić information content (AvgIpc) is 3.24. The van der Waals surface area contributed by atoms with Crippen molar-refractivity contribution in [2.24, 2.45) is 0 Å². The van der Waals surface area contributed by atoms with Crippen molar-refractivity contribution in [2.75, 3.05) is 12.4 Å². The maximum atomic E-state index is 13.0. The minimum absolute atomic E-state index is 0.0122. The molecule has 0 saturated heterocycles. The number of aromatic nitrogens is 2. The molecule has 0 spiro atoms. The summed E-state index contributed by atoms with van der Waals surface area (Å²) in [6, 6.07) is 24.7. The summed E-state index contributed by atoms with van der Waals surface area (Å²) in [5, 5.41) is 8.20. The highest BCUT2D eigenvalue weighted by Crippen LogP contribution is 2.26. The van der Waals surface area contributed by atoms with E-state index in [9.17, 15) is 9.59 Å². The van der Waals surface area contributed by atoms with Crippen LogP contribution in [0.2, 0.25) is 5.02 Å². The summed E-state index contributed by atoms with van der Waals surface area (Å²) >= 11 is 6.08. The molecular formula is C27H25ClN4O2. The van der Waals surface area contributed by atoms with Crippen LogP contribution in [0.3, 0.4) is 0 Å². The van der Waals surface area contributed by atoms with Crippen molar-refractivity contribution in [3.8, 4) is 16.9 Å². The van der Waals surface area contributed by atoms with E-state index in [0.29, 0.717) is 17.3 Å². The molecule has 0 fully saturated rings. The smallest absolute Gasteiger partial charge is 0.227 e. The quantitative estimate of drug-likeness (QED) is 0.394. The van der Waals surface area contributed by atoms with Crippen LogP contribution in [0.1, 0.15) is 18.1 Å². The van der Waals surface area contributed by atoms with Gasteiger partial charge in [-0.1, -0.05) is 54.1 Å². The van der Waals surface area contributed by atoms with Gasteiger partial charge >= 0.3 is 0 Å². The molecule has 4 rings (SSSR count). The van der Waals surface area contributed by atoms with Gasteiger partial charge in [0.1, 0.15) is 0 Å². The predicted molar refractivity (Wildman–Crippen MR) is 135 cm³/mol. The van der Waals surface area contributed by atoms with E-state index in [1.54, 1.807) is 24.1 Å². The molecular weight excluding hydrogens is 448 g/mol. The molecule has 7 heteroatoms. The van der Waals surface area contributed by atoms with Crippen LogP contribution in [-0.2, 0) is 22.6 Å². The number of carbonyl (C=O) groups is 2. The zero-order valence-corrected chi connectivity index (χ0v) is 19.8. The molecule has 0 atom stereocenters. The van der Waals surface area contributed by atoms with Gasteiger partial charge in [-0.25, -0.2) is 4.68 Å². The molecule has 1 heterocycles. The Labute approximate surface area is 203 Å². The Kier molecular flexibility index (Phi) is 7.09. The van der Waals surface area contributed by atoms with Crippen LogP contribution >= 0.6 is 11.6 Å². The predicted octanol–water partition coefficient (Wildman–Crippen LogP) is 5.35. The molecule has 0 aliphatic heterocycles. The standard InChI is InChI=1S/C27H25ClN4O2/c1-19(33)29-24-14-8-20(9-15-24)16-26(34)31(2)17-22-18-32(25-6-4-3-5-7-25)30-27(22)21-10-12-23(28)13-11-21/h3-15,18H,16-17H2,1-2H3,(H,29,33). The Morgan fingerprint density at radius 1 is 0.971 bits per heavy atom. The van der Waals surface area contributed by atoms with E-state index < -0.39 is 0 Å². The van der Waals surface area contributed by atoms with Crippen molar-refractivity contribution in [3.63, 3.8) is 0 Å². The molecule has 1 N–H and O–H groups in total. The highest BCUT2D eigenvalue weighted by Gasteiger charge is 2.17. The Morgan fingerprint density at radius 3 is 2.29 bits per heavy atom. The van der Waals surface area contributed by atoms with Crippen LogP contribution in [0, 0.1) is 0 Å². The summed E-state index contributed by atoms with van der Waals surface area (Å²) in [5.74, 6) is -0.141. The first kappa shape index (κ1) is 23.3. The summed E-state index contributed by atoms with van der Waals surface area (Å²) < 4.78 is 1.83. The third-order valence-electron chi connectivity index (χ3n) is 5.39. The molecule has 1 aromatic heterocycles. The van der Waals surface area contributed by atoms with Crippen LogP contribution in [0.15, 0.2) is 85.1 Å². The second kappa shape index (κ2) is 10.4. The topological polar surface area (TPSA) is 67.2 Å². The second-order valence-corrected chi connectivity index (χ2v) is 8.53. The number of para-hydroxylation sites is 1. The van der Waals surface area contributed by atoms with Crippen molar-refractivity contribution in [2.45, 2.75) is 19.9 Å².